The second-order valence-corrected chi connectivity index (χ2v) is 6.28. The number of para-hydroxylation sites is 1. The SMILES string of the molecule is Cl.O=C(c1cc2ccccc2[nH]c1=O)N1CCC2CCC(C1)N2. The summed E-state index contributed by atoms with van der Waals surface area (Å²) in [4.78, 5) is 29.7. The Hall–Kier alpha value is -1.85. The van der Waals surface area contributed by atoms with E-state index in [0.717, 1.165) is 30.3 Å². The van der Waals surface area contributed by atoms with Crippen molar-refractivity contribution in [3.63, 3.8) is 0 Å². The van der Waals surface area contributed by atoms with Crippen molar-refractivity contribution < 1.29 is 4.79 Å². The molecule has 23 heavy (non-hydrogen) atoms. The fourth-order valence-electron chi connectivity index (χ4n) is 3.60. The molecule has 2 N–H and O–H groups in total. The van der Waals surface area contributed by atoms with Crippen molar-refractivity contribution in [2.45, 2.75) is 31.3 Å². The first-order chi connectivity index (χ1) is 10.7. The zero-order valence-corrected chi connectivity index (χ0v) is 13.6. The third kappa shape index (κ3) is 2.99. The van der Waals surface area contributed by atoms with Crippen LogP contribution in [0.2, 0.25) is 0 Å². The Balaban J connectivity index is 0.00000156. The second kappa shape index (κ2) is 6.34. The highest BCUT2D eigenvalue weighted by molar-refractivity contribution is 5.97. The highest BCUT2D eigenvalue weighted by atomic mass is 35.5. The van der Waals surface area contributed by atoms with E-state index in [1.807, 2.05) is 29.2 Å². The lowest BCUT2D eigenvalue weighted by Crippen LogP contribution is -2.40. The number of rotatable bonds is 1. The van der Waals surface area contributed by atoms with Crippen molar-refractivity contribution in [2.24, 2.45) is 0 Å². The Morgan fingerprint density at radius 2 is 1.91 bits per heavy atom. The van der Waals surface area contributed by atoms with Crippen molar-refractivity contribution in [2.75, 3.05) is 13.1 Å². The fourth-order valence-corrected chi connectivity index (χ4v) is 3.60. The first kappa shape index (κ1) is 16.0. The summed E-state index contributed by atoms with van der Waals surface area (Å²) < 4.78 is 0. The summed E-state index contributed by atoms with van der Waals surface area (Å²) in [5.74, 6) is -0.152. The molecule has 0 radical (unpaired) electrons. The minimum absolute atomic E-state index is 0. The van der Waals surface area contributed by atoms with Crippen LogP contribution in [0.25, 0.3) is 10.9 Å². The molecule has 2 aromatic rings. The Bertz CT molecular complexity index is 789. The number of fused-ring (bicyclic) bond motifs is 3. The van der Waals surface area contributed by atoms with Gasteiger partial charge in [0.1, 0.15) is 5.56 Å². The van der Waals surface area contributed by atoms with Crippen LogP contribution in [-0.4, -0.2) is 41.0 Å². The first-order valence-electron chi connectivity index (χ1n) is 7.88. The number of carbonyl (C=O) groups is 1. The van der Waals surface area contributed by atoms with Gasteiger partial charge in [0.2, 0.25) is 0 Å². The number of nitrogens with zero attached hydrogens (tertiary/aromatic N) is 1. The number of hydrogen-bond donors (Lipinski definition) is 2. The molecule has 0 saturated carbocycles. The smallest absolute Gasteiger partial charge is 0.261 e. The Morgan fingerprint density at radius 1 is 1.13 bits per heavy atom. The molecule has 4 rings (SSSR count). The van der Waals surface area contributed by atoms with Crippen molar-refractivity contribution in [3.8, 4) is 0 Å². The summed E-state index contributed by atoms with van der Waals surface area (Å²) in [6, 6.07) is 10.1. The number of hydrogen-bond acceptors (Lipinski definition) is 3. The van der Waals surface area contributed by atoms with Crippen LogP contribution in [-0.2, 0) is 0 Å². The highest BCUT2D eigenvalue weighted by Crippen LogP contribution is 2.21. The molecule has 122 valence electrons. The number of H-pyrrole nitrogens is 1. The lowest BCUT2D eigenvalue weighted by molar-refractivity contribution is 0.0746. The van der Waals surface area contributed by atoms with Gasteiger partial charge in [-0.25, -0.2) is 0 Å². The molecule has 2 unspecified atom stereocenters. The summed E-state index contributed by atoms with van der Waals surface area (Å²) >= 11 is 0. The maximum Gasteiger partial charge on any atom is 0.261 e. The molecule has 3 heterocycles. The molecular formula is C17H20ClN3O2. The highest BCUT2D eigenvalue weighted by Gasteiger charge is 2.32. The minimum Gasteiger partial charge on any atom is -0.337 e. The number of likely N-dealkylation sites (tertiary alicyclic amines) is 1. The average molecular weight is 334 g/mol. The van der Waals surface area contributed by atoms with Crippen molar-refractivity contribution in [3.05, 3.63) is 46.2 Å². The number of aromatic amines is 1. The van der Waals surface area contributed by atoms with E-state index in [1.54, 1.807) is 6.07 Å². The van der Waals surface area contributed by atoms with Gasteiger partial charge in [0.05, 0.1) is 0 Å². The fraction of sp³-hybridized carbons (Fsp3) is 0.412. The Kier molecular flexibility index (Phi) is 4.41. The van der Waals surface area contributed by atoms with Crippen molar-refractivity contribution in [1.82, 2.24) is 15.2 Å². The van der Waals surface area contributed by atoms with Crippen LogP contribution in [0.1, 0.15) is 29.6 Å². The molecule has 1 amide bonds. The van der Waals surface area contributed by atoms with Gasteiger partial charge in [0.15, 0.2) is 0 Å². The van der Waals surface area contributed by atoms with E-state index in [-0.39, 0.29) is 29.4 Å². The van der Waals surface area contributed by atoms with Crippen LogP contribution in [0.3, 0.4) is 0 Å². The van der Waals surface area contributed by atoms with Gasteiger partial charge in [-0.15, -0.1) is 12.4 Å². The third-order valence-corrected chi connectivity index (χ3v) is 4.79. The quantitative estimate of drug-likeness (QED) is 0.838. The van der Waals surface area contributed by atoms with Crippen LogP contribution in [0.15, 0.2) is 35.1 Å². The number of amides is 1. The lowest BCUT2D eigenvalue weighted by Gasteiger charge is -2.24. The molecular weight excluding hydrogens is 314 g/mol. The Morgan fingerprint density at radius 3 is 2.78 bits per heavy atom. The van der Waals surface area contributed by atoms with E-state index in [4.69, 9.17) is 0 Å². The molecule has 0 spiro atoms. The van der Waals surface area contributed by atoms with E-state index < -0.39 is 0 Å². The van der Waals surface area contributed by atoms with E-state index in [1.165, 1.54) is 6.42 Å². The maximum atomic E-state index is 12.8. The largest absolute Gasteiger partial charge is 0.337 e. The number of halogens is 1. The molecule has 0 aliphatic carbocycles. The maximum absolute atomic E-state index is 12.8. The van der Waals surface area contributed by atoms with Gasteiger partial charge in [0, 0.05) is 30.7 Å². The lowest BCUT2D eigenvalue weighted by atomic mass is 10.1. The third-order valence-electron chi connectivity index (χ3n) is 4.79. The van der Waals surface area contributed by atoms with Crippen molar-refractivity contribution in [1.29, 1.82) is 0 Å². The second-order valence-electron chi connectivity index (χ2n) is 6.28. The van der Waals surface area contributed by atoms with Crippen LogP contribution in [0, 0.1) is 0 Å². The summed E-state index contributed by atoms with van der Waals surface area (Å²) in [6.45, 7) is 1.42. The molecule has 5 nitrogen and oxygen atoms in total. The van der Waals surface area contributed by atoms with Gasteiger partial charge in [-0.3, -0.25) is 9.59 Å². The first-order valence-corrected chi connectivity index (χ1v) is 7.88. The van der Waals surface area contributed by atoms with Gasteiger partial charge in [-0.2, -0.15) is 0 Å². The number of aromatic nitrogens is 1. The number of nitrogens with one attached hydrogen (secondary N) is 2. The van der Waals surface area contributed by atoms with Crippen LogP contribution in [0.5, 0.6) is 0 Å². The molecule has 1 aromatic carbocycles. The van der Waals surface area contributed by atoms with E-state index >= 15 is 0 Å². The molecule has 2 aliphatic heterocycles. The van der Waals surface area contributed by atoms with Gasteiger partial charge < -0.3 is 15.2 Å². The Labute approximate surface area is 140 Å². The molecule has 2 fully saturated rings. The normalized spacial score (nSPS) is 23.4. The topological polar surface area (TPSA) is 65.2 Å². The number of pyridine rings is 1. The van der Waals surface area contributed by atoms with Crippen LogP contribution >= 0.6 is 12.4 Å². The van der Waals surface area contributed by atoms with Gasteiger partial charge in [0.25, 0.3) is 11.5 Å². The molecule has 2 saturated heterocycles. The molecule has 2 aliphatic rings. The molecule has 6 heteroatoms. The van der Waals surface area contributed by atoms with E-state index in [2.05, 4.69) is 10.3 Å². The van der Waals surface area contributed by atoms with Crippen LogP contribution in [0.4, 0.5) is 0 Å². The summed E-state index contributed by atoms with van der Waals surface area (Å²) in [5, 5.41) is 4.44. The number of benzene rings is 1. The predicted molar refractivity (Wildman–Crippen MR) is 92.3 cm³/mol. The average Bonchev–Trinajstić information content (AvgIpc) is 2.85. The molecule has 2 bridgehead atoms. The molecule has 1 aromatic heterocycles. The van der Waals surface area contributed by atoms with E-state index in [9.17, 15) is 9.59 Å². The van der Waals surface area contributed by atoms with Gasteiger partial charge >= 0.3 is 0 Å². The van der Waals surface area contributed by atoms with Gasteiger partial charge in [-0.05, 0) is 36.8 Å². The zero-order valence-electron chi connectivity index (χ0n) is 12.7. The monoisotopic (exact) mass is 333 g/mol. The standard InChI is InChI=1S/C17H19N3O2.ClH/c21-16-14(9-11-3-1-2-4-15(11)19-16)17(22)20-8-7-12-5-6-13(10-20)18-12;/h1-4,9,12-13,18H,5-8,10H2,(H,19,21);1H. The summed E-state index contributed by atoms with van der Waals surface area (Å²) in [5.41, 5.74) is 0.711. The van der Waals surface area contributed by atoms with E-state index in [0.29, 0.717) is 18.6 Å². The van der Waals surface area contributed by atoms with Gasteiger partial charge in [-0.1, -0.05) is 18.2 Å². The minimum atomic E-state index is -0.300. The summed E-state index contributed by atoms with van der Waals surface area (Å²) in [7, 11) is 0. The number of carbonyl (C=O) groups excluding carboxylic acids is 1. The van der Waals surface area contributed by atoms with Crippen molar-refractivity contribution >= 4 is 29.2 Å². The van der Waals surface area contributed by atoms with Crippen LogP contribution < -0.4 is 10.9 Å². The summed E-state index contributed by atoms with van der Waals surface area (Å²) in [6.07, 6.45) is 3.28. The predicted octanol–water partition coefficient (Wildman–Crippen LogP) is 1.92. The molecule has 2 atom stereocenters. The zero-order chi connectivity index (χ0) is 15.1.